The van der Waals surface area contributed by atoms with Crippen molar-refractivity contribution in [1.82, 2.24) is 20.2 Å². The maximum Gasteiger partial charge on any atom is 0.274 e. The summed E-state index contributed by atoms with van der Waals surface area (Å²) in [6.07, 6.45) is 0.836. The first-order chi connectivity index (χ1) is 15.9. The van der Waals surface area contributed by atoms with Crippen molar-refractivity contribution in [3.8, 4) is 10.4 Å². The Morgan fingerprint density at radius 1 is 1.15 bits per heavy atom. The summed E-state index contributed by atoms with van der Waals surface area (Å²) >= 11 is 1.53. The molecule has 1 atom stereocenters. The number of carbonyl (C=O) groups is 2. The smallest absolute Gasteiger partial charge is 0.274 e. The number of para-hydroxylation sites is 1. The molecule has 1 aliphatic rings. The van der Waals surface area contributed by atoms with Gasteiger partial charge in [-0.05, 0) is 38.0 Å². The van der Waals surface area contributed by atoms with E-state index < -0.39 is 0 Å². The van der Waals surface area contributed by atoms with E-state index in [2.05, 4.69) is 21.4 Å². The number of aromatic nitrogens is 2. The minimum atomic E-state index is -0.224. The average molecular weight is 461 g/mol. The average Bonchev–Trinajstić information content (AvgIpc) is 3.34. The monoisotopic (exact) mass is 460 g/mol. The van der Waals surface area contributed by atoms with Gasteiger partial charge in [0, 0.05) is 20.0 Å². The lowest BCUT2D eigenvalue weighted by atomic mass is 10.0. The van der Waals surface area contributed by atoms with E-state index >= 15 is 0 Å². The van der Waals surface area contributed by atoms with E-state index in [0.29, 0.717) is 41.3 Å². The van der Waals surface area contributed by atoms with Crippen LogP contribution in [0.5, 0.6) is 0 Å². The molecule has 1 aliphatic heterocycles. The summed E-state index contributed by atoms with van der Waals surface area (Å²) in [5, 5.41) is 3.82. The number of nitrogens with zero attached hydrogens (tertiary/aromatic N) is 3. The lowest BCUT2D eigenvalue weighted by molar-refractivity contribution is 0.0451. The van der Waals surface area contributed by atoms with Gasteiger partial charge in [-0.15, -0.1) is 11.3 Å². The van der Waals surface area contributed by atoms with E-state index in [1.165, 1.54) is 11.3 Å². The second-order valence-corrected chi connectivity index (χ2v) is 9.52. The van der Waals surface area contributed by atoms with Crippen LogP contribution in [0.15, 0.2) is 46.9 Å². The predicted octanol–water partition coefficient (Wildman–Crippen LogP) is 4.52. The van der Waals surface area contributed by atoms with Crippen LogP contribution in [0.25, 0.3) is 21.5 Å². The zero-order valence-electron chi connectivity index (χ0n) is 18.7. The van der Waals surface area contributed by atoms with Crippen molar-refractivity contribution in [2.24, 2.45) is 0 Å². The Morgan fingerprint density at radius 2 is 1.97 bits per heavy atom. The van der Waals surface area contributed by atoms with Gasteiger partial charge in [-0.1, -0.05) is 35.9 Å². The van der Waals surface area contributed by atoms with Gasteiger partial charge in [0.15, 0.2) is 11.5 Å². The van der Waals surface area contributed by atoms with Crippen LogP contribution in [0.4, 0.5) is 0 Å². The molecule has 8 heteroatoms. The molecule has 0 spiro atoms. The van der Waals surface area contributed by atoms with E-state index in [9.17, 15) is 9.59 Å². The van der Waals surface area contributed by atoms with Crippen LogP contribution in [-0.2, 0) is 0 Å². The lowest BCUT2D eigenvalue weighted by Gasteiger charge is -2.40. The predicted molar refractivity (Wildman–Crippen MR) is 128 cm³/mol. The molecule has 0 aliphatic carbocycles. The number of thiazole rings is 1. The summed E-state index contributed by atoms with van der Waals surface area (Å²) < 4.78 is 5.52. The van der Waals surface area contributed by atoms with Gasteiger partial charge in [0.1, 0.15) is 11.2 Å². The Morgan fingerprint density at radius 3 is 2.73 bits per heavy atom. The van der Waals surface area contributed by atoms with Gasteiger partial charge in [-0.3, -0.25) is 9.59 Å². The third kappa shape index (κ3) is 4.02. The Bertz CT molecular complexity index is 1370. The third-order valence-electron chi connectivity index (χ3n) is 5.89. The number of hydrogen-bond donors (Lipinski definition) is 1. The second kappa shape index (κ2) is 8.44. The van der Waals surface area contributed by atoms with Crippen LogP contribution >= 0.6 is 11.3 Å². The quantitative estimate of drug-likeness (QED) is 0.473. The highest BCUT2D eigenvalue weighted by molar-refractivity contribution is 7.15. The van der Waals surface area contributed by atoms with Crippen molar-refractivity contribution in [3.05, 3.63) is 70.2 Å². The number of nitrogens with one attached hydrogen (secondary N) is 1. The highest BCUT2D eigenvalue weighted by Crippen LogP contribution is 2.33. The minimum Gasteiger partial charge on any atom is -0.441 e. The molecule has 1 saturated heterocycles. The Labute approximate surface area is 195 Å². The molecule has 1 unspecified atom stereocenters. The minimum absolute atomic E-state index is 0.0629. The first-order valence-corrected chi connectivity index (χ1v) is 11.7. The van der Waals surface area contributed by atoms with Gasteiger partial charge >= 0.3 is 0 Å². The summed E-state index contributed by atoms with van der Waals surface area (Å²) in [6, 6.07) is 13.3. The van der Waals surface area contributed by atoms with Crippen LogP contribution in [0, 0.1) is 20.8 Å². The van der Waals surface area contributed by atoms with Crippen molar-refractivity contribution in [2.45, 2.75) is 33.2 Å². The van der Waals surface area contributed by atoms with Crippen LogP contribution in [0.2, 0.25) is 0 Å². The molecular formula is C25H24N4O3S. The lowest BCUT2D eigenvalue weighted by Crippen LogP contribution is -2.56. The molecule has 0 saturated carbocycles. The highest BCUT2D eigenvalue weighted by Gasteiger charge is 2.35. The zero-order chi connectivity index (χ0) is 23.1. The molecule has 0 radical (unpaired) electrons. The number of fused-ring (bicyclic) bond motifs is 1. The number of carbonyl (C=O) groups excluding carboxylic acids is 2. The van der Waals surface area contributed by atoms with Gasteiger partial charge in [0.05, 0.1) is 21.5 Å². The molecule has 1 N–H and O–H groups in total. The van der Waals surface area contributed by atoms with Crippen molar-refractivity contribution < 1.29 is 14.0 Å². The molecule has 4 aromatic rings. The number of aryl methyl sites for hydroxylation is 3. The molecule has 0 bridgehead atoms. The SMILES string of the molecule is Cc1cccc(-c2sc(C)nc2C(=O)N2CCC2CNC(=O)c2cccc3oc(C)nc23)c1. The Hall–Kier alpha value is -3.52. The second-order valence-electron chi connectivity index (χ2n) is 8.32. The van der Waals surface area contributed by atoms with Crippen LogP contribution in [0.1, 0.15) is 43.7 Å². The van der Waals surface area contributed by atoms with E-state index in [4.69, 9.17) is 4.42 Å². The Kier molecular flexibility index (Phi) is 5.46. The highest BCUT2D eigenvalue weighted by atomic mass is 32.1. The first-order valence-electron chi connectivity index (χ1n) is 10.9. The fraction of sp³-hybridized carbons (Fsp3) is 0.280. The molecule has 7 nitrogen and oxygen atoms in total. The number of rotatable bonds is 5. The Balaban J connectivity index is 1.30. The summed E-state index contributed by atoms with van der Waals surface area (Å²) in [5.41, 5.74) is 4.24. The maximum atomic E-state index is 13.4. The molecule has 1 fully saturated rings. The number of oxazole rings is 1. The molecule has 2 amide bonds. The van der Waals surface area contributed by atoms with Crippen molar-refractivity contribution in [2.75, 3.05) is 13.1 Å². The molecule has 168 valence electrons. The summed E-state index contributed by atoms with van der Waals surface area (Å²) in [7, 11) is 0. The molecule has 3 heterocycles. The standard InChI is InChI=1S/C25H24N4O3S/c1-14-6-4-7-17(12-14)23-22(28-16(3)33-23)25(31)29-11-10-18(29)13-26-24(30)19-8-5-9-20-21(19)27-15(2)32-20/h4-9,12,18H,10-11,13H2,1-3H3,(H,26,30). The van der Waals surface area contributed by atoms with Gasteiger partial charge in [-0.2, -0.15) is 0 Å². The number of amides is 2. The zero-order valence-corrected chi connectivity index (χ0v) is 19.5. The first kappa shape index (κ1) is 21.3. The van der Waals surface area contributed by atoms with Gasteiger partial charge in [0.2, 0.25) is 0 Å². The van der Waals surface area contributed by atoms with Gasteiger partial charge in [0.25, 0.3) is 11.8 Å². The third-order valence-corrected chi connectivity index (χ3v) is 6.91. The summed E-state index contributed by atoms with van der Waals surface area (Å²) in [5.74, 6) is 0.206. The summed E-state index contributed by atoms with van der Waals surface area (Å²) in [4.78, 5) is 37.8. The topological polar surface area (TPSA) is 88.3 Å². The van der Waals surface area contributed by atoms with Crippen LogP contribution in [0.3, 0.4) is 0 Å². The van der Waals surface area contributed by atoms with Crippen LogP contribution < -0.4 is 5.32 Å². The normalized spacial score (nSPS) is 15.5. The van der Waals surface area contributed by atoms with E-state index in [1.54, 1.807) is 30.0 Å². The van der Waals surface area contributed by atoms with Gasteiger partial charge in [-0.25, -0.2) is 9.97 Å². The molecule has 2 aromatic carbocycles. The van der Waals surface area contributed by atoms with E-state index in [0.717, 1.165) is 27.4 Å². The molecule has 2 aromatic heterocycles. The van der Waals surface area contributed by atoms with Crippen molar-refractivity contribution in [1.29, 1.82) is 0 Å². The van der Waals surface area contributed by atoms with Crippen molar-refractivity contribution in [3.63, 3.8) is 0 Å². The van der Waals surface area contributed by atoms with E-state index in [-0.39, 0.29) is 17.9 Å². The van der Waals surface area contributed by atoms with Gasteiger partial charge < -0.3 is 14.6 Å². The maximum absolute atomic E-state index is 13.4. The molecule has 33 heavy (non-hydrogen) atoms. The fourth-order valence-electron chi connectivity index (χ4n) is 4.16. The number of benzene rings is 2. The molecule has 5 rings (SSSR count). The van der Waals surface area contributed by atoms with E-state index in [1.807, 2.05) is 32.0 Å². The van der Waals surface area contributed by atoms with Crippen molar-refractivity contribution >= 4 is 34.3 Å². The number of likely N-dealkylation sites (tertiary alicyclic amines) is 1. The largest absolute Gasteiger partial charge is 0.441 e. The van der Waals surface area contributed by atoms with Crippen LogP contribution in [-0.4, -0.2) is 45.8 Å². The number of hydrogen-bond acceptors (Lipinski definition) is 6. The fourth-order valence-corrected chi connectivity index (χ4v) is 5.07. The summed E-state index contributed by atoms with van der Waals surface area (Å²) in [6.45, 7) is 6.74. The molecular weight excluding hydrogens is 436 g/mol.